The first kappa shape index (κ1) is 13.8. The van der Waals surface area contributed by atoms with Crippen molar-refractivity contribution in [3.8, 4) is 0 Å². The van der Waals surface area contributed by atoms with Gasteiger partial charge in [-0.2, -0.15) is 5.10 Å². The standard InChI is InChI=1S/C13H15ClN4S/c1-2-15-13(19)17-12-7-16-18(9-12)8-10-4-3-5-11(14)6-10/h3-7,9H,2,8H2,1H3,(H2,15,17,19). The molecule has 0 atom stereocenters. The Morgan fingerprint density at radius 3 is 3.05 bits per heavy atom. The van der Waals surface area contributed by atoms with Gasteiger partial charge in [0.15, 0.2) is 5.11 Å². The second kappa shape index (κ2) is 6.54. The van der Waals surface area contributed by atoms with Crippen LogP contribution in [0.4, 0.5) is 5.69 Å². The first-order valence-corrected chi connectivity index (χ1v) is 6.77. The van der Waals surface area contributed by atoms with E-state index in [2.05, 4.69) is 15.7 Å². The van der Waals surface area contributed by atoms with E-state index in [0.29, 0.717) is 11.7 Å². The second-order valence-corrected chi connectivity index (χ2v) is 4.89. The molecule has 1 aromatic carbocycles. The molecule has 19 heavy (non-hydrogen) atoms. The third-order valence-electron chi connectivity index (χ3n) is 2.46. The van der Waals surface area contributed by atoms with Crippen molar-refractivity contribution < 1.29 is 0 Å². The van der Waals surface area contributed by atoms with E-state index in [1.165, 1.54) is 0 Å². The first-order valence-electron chi connectivity index (χ1n) is 5.99. The smallest absolute Gasteiger partial charge is 0.170 e. The zero-order valence-corrected chi connectivity index (χ0v) is 12.1. The van der Waals surface area contributed by atoms with Crippen LogP contribution < -0.4 is 10.6 Å². The van der Waals surface area contributed by atoms with Gasteiger partial charge in [-0.3, -0.25) is 4.68 Å². The Balaban J connectivity index is 1.99. The Morgan fingerprint density at radius 2 is 2.32 bits per heavy atom. The highest BCUT2D eigenvalue weighted by molar-refractivity contribution is 7.80. The highest BCUT2D eigenvalue weighted by Gasteiger charge is 2.01. The van der Waals surface area contributed by atoms with Gasteiger partial charge in [0.05, 0.1) is 18.4 Å². The molecule has 0 aliphatic carbocycles. The van der Waals surface area contributed by atoms with Crippen molar-refractivity contribution in [1.29, 1.82) is 0 Å². The quantitative estimate of drug-likeness (QED) is 0.851. The lowest BCUT2D eigenvalue weighted by Crippen LogP contribution is -2.27. The summed E-state index contributed by atoms with van der Waals surface area (Å²) in [6, 6.07) is 7.74. The van der Waals surface area contributed by atoms with Crippen LogP contribution in [-0.4, -0.2) is 21.4 Å². The summed E-state index contributed by atoms with van der Waals surface area (Å²) < 4.78 is 1.84. The summed E-state index contributed by atoms with van der Waals surface area (Å²) in [7, 11) is 0. The topological polar surface area (TPSA) is 41.9 Å². The molecule has 2 aromatic rings. The highest BCUT2D eigenvalue weighted by Crippen LogP contribution is 2.13. The van der Waals surface area contributed by atoms with Crippen molar-refractivity contribution in [2.24, 2.45) is 0 Å². The predicted octanol–water partition coefficient (Wildman–Crippen LogP) is 2.89. The van der Waals surface area contributed by atoms with Crippen LogP contribution in [0.5, 0.6) is 0 Å². The molecule has 0 fully saturated rings. The molecule has 6 heteroatoms. The molecule has 0 saturated carbocycles. The maximum absolute atomic E-state index is 5.95. The zero-order chi connectivity index (χ0) is 13.7. The average Bonchev–Trinajstić information content (AvgIpc) is 2.76. The van der Waals surface area contributed by atoms with Crippen molar-refractivity contribution in [2.75, 3.05) is 11.9 Å². The van der Waals surface area contributed by atoms with Crippen LogP contribution in [0.3, 0.4) is 0 Å². The van der Waals surface area contributed by atoms with Crippen molar-refractivity contribution in [1.82, 2.24) is 15.1 Å². The van der Waals surface area contributed by atoms with Gasteiger partial charge in [0, 0.05) is 17.8 Å². The molecule has 2 N–H and O–H groups in total. The van der Waals surface area contributed by atoms with Crippen molar-refractivity contribution in [3.05, 3.63) is 47.2 Å². The lowest BCUT2D eigenvalue weighted by molar-refractivity contribution is 0.687. The number of halogens is 1. The van der Waals surface area contributed by atoms with Crippen LogP contribution in [-0.2, 0) is 6.54 Å². The summed E-state index contributed by atoms with van der Waals surface area (Å²) in [5.41, 5.74) is 1.98. The Morgan fingerprint density at radius 1 is 1.47 bits per heavy atom. The lowest BCUT2D eigenvalue weighted by Gasteiger charge is -2.05. The van der Waals surface area contributed by atoms with E-state index < -0.39 is 0 Å². The normalized spacial score (nSPS) is 10.2. The molecule has 4 nitrogen and oxygen atoms in total. The number of thiocarbonyl (C=S) groups is 1. The third-order valence-corrected chi connectivity index (χ3v) is 2.94. The van der Waals surface area contributed by atoms with Crippen LogP contribution in [0.25, 0.3) is 0 Å². The summed E-state index contributed by atoms with van der Waals surface area (Å²) in [5.74, 6) is 0. The largest absolute Gasteiger partial charge is 0.363 e. The van der Waals surface area contributed by atoms with Crippen molar-refractivity contribution >= 4 is 34.6 Å². The highest BCUT2D eigenvalue weighted by atomic mass is 35.5. The van der Waals surface area contributed by atoms with Gasteiger partial charge < -0.3 is 10.6 Å². The minimum Gasteiger partial charge on any atom is -0.363 e. The average molecular weight is 295 g/mol. The van der Waals surface area contributed by atoms with E-state index in [4.69, 9.17) is 23.8 Å². The number of rotatable bonds is 4. The fourth-order valence-electron chi connectivity index (χ4n) is 1.67. The van der Waals surface area contributed by atoms with E-state index in [9.17, 15) is 0 Å². The number of nitrogens with zero attached hydrogens (tertiary/aromatic N) is 2. The second-order valence-electron chi connectivity index (χ2n) is 4.04. The molecule has 1 aromatic heterocycles. The SMILES string of the molecule is CCNC(=S)Nc1cnn(Cc2cccc(Cl)c2)c1. The minimum atomic E-state index is 0.602. The minimum absolute atomic E-state index is 0.602. The molecular formula is C13H15ClN4S. The molecule has 0 unspecified atom stereocenters. The van der Waals surface area contributed by atoms with Gasteiger partial charge in [-0.25, -0.2) is 0 Å². The Labute approximate surface area is 122 Å². The Bertz CT molecular complexity index is 567. The number of nitrogens with one attached hydrogen (secondary N) is 2. The van der Waals surface area contributed by atoms with Gasteiger partial charge in [0.1, 0.15) is 0 Å². The number of hydrogen-bond donors (Lipinski definition) is 2. The van der Waals surface area contributed by atoms with E-state index in [0.717, 1.165) is 22.8 Å². The van der Waals surface area contributed by atoms with E-state index in [-0.39, 0.29) is 0 Å². The Hall–Kier alpha value is -1.59. The maximum Gasteiger partial charge on any atom is 0.170 e. The molecule has 0 amide bonds. The maximum atomic E-state index is 5.95. The van der Waals surface area contributed by atoms with Crippen LogP contribution >= 0.6 is 23.8 Å². The predicted molar refractivity (Wildman–Crippen MR) is 82.7 cm³/mol. The number of hydrogen-bond acceptors (Lipinski definition) is 2. The van der Waals surface area contributed by atoms with Crippen molar-refractivity contribution in [3.63, 3.8) is 0 Å². The summed E-state index contributed by atoms with van der Waals surface area (Å²) in [5, 5.41) is 11.7. The van der Waals surface area contributed by atoms with Crippen LogP contribution in [0, 0.1) is 0 Å². The van der Waals surface area contributed by atoms with Gasteiger partial charge >= 0.3 is 0 Å². The monoisotopic (exact) mass is 294 g/mol. The first-order chi connectivity index (χ1) is 9.17. The Kier molecular flexibility index (Phi) is 4.76. The summed E-state index contributed by atoms with van der Waals surface area (Å²) in [6.45, 7) is 3.47. The van der Waals surface area contributed by atoms with Gasteiger partial charge in [-0.05, 0) is 36.8 Å². The summed E-state index contributed by atoms with van der Waals surface area (Å²) in [4.78, 5) is 0. The molecule has 2 rings (SSSR count). The summed E-state index contributed by atoms with van der Waals surface area (Å²) >= 11 is 11.1. The van der Waals surface area contributed by atoms with Crippen LogP contribution in [0.15, 0.2) is 36.7 Å². The summed E-state index contributed by atoms with van der Waals surface area (Å²) in [6.07, 6.45) is 3.65. The molecule has 0 spiro atoms. The van der Waals surface area contributed by atoms with Crippen molar-refractivity contribution in [2.45, 2.75) is 13.5 Å². The molecule has 0 radical (unpaired) electrons. The molecule has 0 saturated heterocycles. The van der Waals surface area contributed by atoms with Crippen LogP contribution in [0.2, 0.25) is 5.02 Å². The molecule has 100 valence electrons. The number of benzene rings is 1. The van der Waals surface area contributed by atoms with Crippen LogP contribution in [0.1, 0.15) is 12.5 Å². The van der Waals surface area contributed by atoms with Gasteiger partial charge in [-0.1, -0.05) is 23.7 Å². The van der Waals surface area contributed by atoms with E-state index >= 15 is 0 Å². The zero-order valence-electron chi connectivity index (χ0n) is 10.6. The van der Waals surface area contributed by atoms with Gasteiger partial charge in [0.25, 0.3) is 0 Å². The fourth-order valence-corrected chi connectivity index (χ4v) is 2.15. The van der Waals surface area contributed by atoms with E-state index in [1.54, 1.807) is 6.20 Å². The molecule has 0 bridgehead atoms. The van der Waals surface area contributed by atoms with E-state index in [1.807, 2.05) is 42.1 Å². The lowest BCUT2D eigenvalue weighted by atomic mass is 10.2. The van der Waals surface area contributed by atoms with Gasteiger partial charge in [0.2, 0.25) is 0 Å². The molecule has 1 heterocycles. The fraction of sp³-hybridized carbons (Fsp3) is 0.231. The third kappa shape index (κ3) is 4.22. The number of aromatic nitrogens is 2. The number of anilines is 1. The molecule has 0 aliphatic rings. The van der Waals surface area contributed by atoms with Gasteiger partial charge in [-0.15, -0.1) is 0 Å². The molecule has 0 aliphatic heterocycles. The molecular weight excluding hydrogens is 280 g/mol.